The summed E-state index contributed by atoms with van der Waals surface area (Å²) in [4.78, 5) is 55.2. The first-order chi connectivity index (χ1) is 19.0. The molecule has 206 valence electrons. The first-order valence-corrected chi connectivity index (χ1v) is 12.6. The van der Waals surface area contributed by atoms with Gasteiger partial charge >= 0.3 is 12.1 Å². The molecule has 10 heteroatoms. The standard InChI is InChI=1S/C30H30N4O6/c1-29(2,3)40-28(39)34-30(27(37)38,20-12-8-5-9-13-20)21-14-15-22(31-18-21)17-24-26(36)32-23(25(35)33-24)16-19-10-6-4-7-11-19/h4-15,17-18,23H,16H2,1-3H3,(H,32,36)(H,33,35)(H,34,39)(H,37,38)/b24-17+. The van der Waals surface area contributed by atoms with E-state index in [9.17, 15) is 24.3 Å². The lowest BCUT2D eigenvalue weighted by Crippen LogP contribution is -2.55. The summed E-state index contributed by atoms with van der Waals surface area (Å²) in [6, 6.07) is 19.8. The number of hydrogen-bond acceptors (Lipinski definition) is 6. The minimum atomic E-state index is -2.01. The highest BCUT2D eigenvalue weighted by molar-refractivity contribution is 6.07. The zero-order valence-electron chi connectivity index (χ0n) is 22.3. The second-order valence-corrected chi connectivity index (χ2v) is 10.3. The number of piperazine rings is 1. The first-order valence-electron chi connectivity index (χ1n) is 12.6. The number of aliphatic carboxylic acids is 1. The van der Waals surface area contributed by atoms with E-state index in [-0.39, 0.29) is 22.7 Å². The van der Waals surface area contributed by atoms with Crippen molar-refractivity contribution in [3.05, 3.63) is 107 Å². The Kier molecular flexibility index (Phi) is 7.99. The first kappa shape index (κ1) is 28.0. The fourth-order valence-corrected chi connectivity index (χ4v) is 4.29. The van der Waals surface area contributed by atoms with Gasteiger partial charge in [-0.1, -0.05) is 66.7 Å². The summed E-state index contributed by atoms with van der Waals surface area (Å²) in [6.07, 6.45) is 2.12. The summed E-state index contributed by atoms with van der Waals surface area (Å²) in [5.74, 6) is -2.18. The van der Waals surface area contributed by atoms with Crippen molar-refractivity contribution in [2.45, 2.75) is 44.4 Å². The zero-order chi connectivity index (χ0) is 28.9. The average Bonchev–Trinajstić information content (AvgIpc) is 2.90. The molecule has 3 aromatic rings. The molecule has 1 saturated heterocycles. The number of alkyl carbamates (subject to hydrolysis) is 1. The van der Waals surface area contributed by atoms with Crippen molar-refractivity contribution in [3.63, 3.8) is 0 Å². The maximum Gasteiger partial charge on any atom is 0.409 e. The molecule has 40 heavy (non-hydrogen) atoms. The molecular weight excluding hydrogens is 512 g/mol. The molecule has 1 aromatic heterocycles. The Hall–Kier alpha value is -4.99. The molecule has 2 aromatic carbocycles. The fraction of sp³-hybridized carbons (Fsp3) is 0.233. The van der Waals surface area contributed by atoms with Crippen molar-refractivity contribution in [2.24, 2.45) is 0 Å². The third-order valence-corrected chi connectivity index (χ3v) is 6.13. The van der Waals surface area contributed by atoms with Gasteiger partial charge in [-0.3, -0.25) is 19.9 Å². The summed E-state index contributed by atoms with van der Waals surface area (Å²) < 4.78 is 5.35. The van der Waals surface area contributed by atoms with E-state index in [1.54, 1.807) is 51.1 Å². The Labute approximate surface area is 231 Å². The highest BCUT2D eigenvalue weighted by Gasteiger charge is 2.45. The van der Waals surface area contributed by atoms with Crippen LogP contribution in [0.4, 0.5) is 4.79 Å². The summed E-state index contributed by atoms with van der Waals surface area (Å²) in [6.45, 7) is 5.02. The molecule has 0 spiro atoms. The van der Waals surface area contributed by atoms with Crippen molar-refractivity contribution < 1.29 is 29.0 Å². The minimum Gasteiger partial charge on any atom is -0.479 e. The number of carbonyl (C=O) groups excluding carboxylic acids is 3. The zero-order valence-corrected chi connectivity index (χ0v) is 22.3. The van der Waals surface area contributed by atoms with Gasteiger partial charge in [0.25, 0.3) is 5.91 Å². The van der Waals surface area contributed by atoms with Gasteiger partial charge in [0.05, 0.1) is 5.69 Å². The molecule has 0 radical (unpaired) electrons. The molecule has 0 bridgehead atoms. The van der Waals surface area contributed by atoms with Gasteiger partial charge in [0.2, 0.25) is 5.91 Å². The number of carboxylic acid groups (broad SMARTS) is 1. The van der Waals surface area contributed by atoms with Gasteiger partial charge in [0, 0.05) is 18.2 Å². The maximum atomic E-state index is 12.8. The van der Waals surface area contributed by atoms with E-state index < -0.39 is 35.2 Å². The molecule has 2 heterocycles. The molecular formula is C30H30N4O6. The number of rotatable bonds is 7. The van der Waals surface area contributed by atoms with Crippen LogP contribution in [0, 0.1) is 0 Å². The molecule has 4 N–H and O–H groups in total. The van der Waals surface area contributed by atoms with Gasteiger partial charge in [-0.2, -0.15) is 0 Å². The third kappa shape index (κ3) is 6.35. The number of hydrogen-bond donors (Lipinski definition) is 4. The summed E-state index contributed by atoms with van der Waals surface area (Å²) in [5.41, 5.74) is -1.22. The molecule has 1 aliphatic rings. The second-order valence-electron chi connectivity index (χ2n) is 10.3. The van der Waals surface area contributed by atoms with Crippen LogP contribution in [0.1, 0.15) is 43.2 Å². The van der Waals surface area contributed by atoms with E-state index in [1.807, 2.05) is 30.3 Å². The van der Waals surface area contributed by atoms with Crippen LogP contribution in [0.2, 0.25) is 0 Å². The smallest absolute Gasteiger partial charge is 0.409 e. The molecule has 3 amide bonds. The molecule has 0 aliphatic carbocycles. The predicted molar refractivity (Wildman–Crippen MR) is 147 cm³/mol. The average molecular weight is 543 g/mol. The molecule has 1 aliphatic heterocycles. The molecule has 0 saturated carbocycles. The van der Waals surface area contributed by atoms with Gasteiger partial charge in [0.1, 0.15) is 17.3 Å². The lowest BCUT2D eigenvalue weighted by atomic mass is 9.83. The number of pyridine rings is 1. The van der Waals surface area contributed by atoms with Crippen molar-refractivity contribution in [2.75, 3.05) is 0 Å². The highest BCUT2D eigenvalue weighted by Crippen LogP contribution is 2.31. The van der Waals surface area contributed by atoms with Gasteiger partial charge in [0.15, 0.2) is 5.54 Å². The minimum absolute atomic E-state index is 0.00833. The maximum absolute atomic E-state index is 12.8. The Morgan fingerprint density at radius 2 is 1.62 bits per heavy atom. The summed E-state index contributed by atoms with van der Waals surface area (Å²) in [5, 5.41) is 18.2. The monoisotopic (exact) mass is 542 g/mol. The van der Waals surface area contributed by atoms with Crippen LogP contribution in [-0.2, 0) is 31.1 Å². The largest absolute Gasteiger partial charge is 0.479 e. The van der Waals surface area contributed by atoms with Gasteiger partial charge in [-0.05, 0) is 44.0 Å². The van der Waals surface area contributed by atoms with Crippen molar-refractivity contribution in [1.29, 1.82) is 0 Å². The third-order valence-electron chi connectivity index (χ3n) is 6.13. The van der Waals surface area contributed by atoms with Crippen molar-refractivity contribution in [1.82, 2.24) is 20.9 Å². The number of nitrogens with zero attached hydrogens (tertiary/aromatic N) is 1. The van der Waals surface area contributed by atoms with E-state index in [0.717, 1.165) is 5.56 Å². The van der Waals surface area contributed by atoms with Crippen molar-refractivity contribution >= 4 is 30.0 Å². The molecule has 2 atom stereocenters. The van der Waals surface area contributed by atoms with Crippen LogP contribution in [0.15, 0.2) is 84.7 Å². The van der Waals surface area contributed by atoms with E-state index in [0.29, 0.717) is 12.1 Å². The van der Waals surface area contributed by atoms with E-state index in [2.05, 4.69) is 20.9 Å². The molecule has 1 fully saturated rings. The molecule has 10 nitrogen and oxygen atoms in total. The second kappa shape index (κ2) is 11.4. The fourth-order valence-electron chi connectivity index (χ4n) is 4.29. The van der Waals surface area contributed by atoms with Gasteiger partial charge in [-0.25, -0.2) is 9.59 Å². The highest BCUT2D eigenvalue weighted by atomic mass is 16.6. The van der Waals surface area contributed by atoms with E-state index in [1.165, 1.54) is 24.4 Å². The normalized spacial score (nSPS) is 17.8. The summed E-state index contributed by atoms with van der Waals surface area (Å²) in [7, 11) is 0. The number of carbonyl (C=O) groups is 4. The number of aromatic nitrogens is 1. The SMILES string of the molecule is CC(C)(C)OC(=O)NC(C(=O)O)(c1ccccc1)c1ccc(/C=C2/NC(=O)C(Cc3ccccc3)NC2=O)nc1. The topological polar surface area (TPSA) is 147 Å². The lowest BCUT2D eigenvalue weighted by molar-refractivity contribution is -0.143. The van der Waals surface area contributed by atoms with Crippen molar-refractivity contribution in [3.8, 4) is 0 Å². The van der Waals surface area contributed by atoms with E-state index >= 15 is 0 Å². The van der Waals surface area contributed by atoms with Gasteiger partial charge in [-0.15, -0.1) is 0 Å². The number of carboxylic acids is 1. The Balaban J connectivity index is 1.60. The van der Waals surface area contributed by atoms with Crippen LogP contribution in [-0.4, -0.2) is 45.6 Å². The van der Waals surface area contributed by atoms with Crippen LogP contribution < -0.4 is 16.0 Å². The number of benzene rings is 2. The van der Waals surface area contributed by atoms with Crippen LogP contribution in [0.25, 0.3) is 6.08 Å². The van der Waals surface area contributed by atoms with Crippen LogP contribution in [0.3, 0.4) is 0 Å². The Bertz CT molecular complexity index is 1430. The Morgan fingerprint density at radius 3 is 2.20 bits per heavy atom. The number of amides is 3. The summed E-state index contributed by atoms with van der Waals surface area (Å²) >= 11 is 0. The van der Waals surface area contributed by atoms with E-state index in [4.69, 9.17) is 4.74 Å². The molecule has 4 rings (SSSR count). The number of nitrogens with one attached hydrogen (secondary N) is 3. The quantitative estimate of drug-likeness (QED) is 0.336. The Morgan fingerprint density at radius 1 is 0.975 bits per heavy atom. The van der Waals surface area contributed by atoms with Crippen LogP contribution in [0.5, 0.6) is 0 Å². The predicted octanol–water partition coefficient (Wildman–Crippen LogP) is 3.13. The number of ether oxygens (including phenoxy) is 1. The van der Waals surface area contributed by atoms with Gasteiger partial charge < -0.3 is 20.5 Å². The lowest BCUT2D eigenvalue weighted by Gasteiger charge is -2.32. The van der Waals surface area contributed by atoms with Crippen LogP contribution >= 0.6 is 0 Å². The molecule has 2 unspecified atom stereocenters.